The second-order valence-corrected chi connectivity index (χ2v) is 11.6. The highest BCUT2D eigenvalue weighted by Gasteiger charge is 2.59. The molecule has 0 radical (unpaired) electrons. The summed E-state index contributed by atoms with van der Waals surface area (Å²) in [6, 6.07) is 11.1. The molecule has 4 aliphatic rings. The number of nitrogens with zero attached hydrogens (tertiary/aromatic N) is 1. The van der Waals surface area contributed by atoms with Crippen molar-refractivity contribution in [2.45, 2.75) is 83.6 Å². The van der Waals surface area contributed by atoms with Crippen molar-refractivity contribution in [3.05, 3.63) is 59.2 Å². The van der Waals surface area contributed by atoms with Crippen molar-refractivity contribution in [1.82, 2.24) is 10.2 Å². The molecule has 1 aromatic carbocycles. The summed E-state index contributed by atoms with van der Waals surface area (Å²) in [5.41, 5.74) is 4.31. The number of rotatable bonds is 6. The van der Waals surface area contributed by atoms with Crippen molar-refractivity contribution < 1.29 is 14.3 Å². The minimum Gasteiger partial charge on any atom is -0.444 e. The normalized spacial score (nSPS) is 29.0. The van der Waals surface area contributed by atoms with Gasteiger partial charge in [0.15, 0.2) is 0 Å². The van der Waals surface area contributed by atoms with Crippen LogP contribution in [0.25, 0.3) is 0 Å². The Morgan fingerprint density at radius 2 is 1.94 bits per heavy atom. The van der Waals surface area contributed by atoms with E-state index >= 15 is 0 Å². The first-order valence-electron chi connectivity index (χ1n) is 13.1. The van der Waals surface area contributed by atoms with Gasteiger partial charge < -0.3 is 19.7 Å². The minimum atomic E-state index is -0.424. The molecule has 1 saturated heterocycles. The predicted molar refractivity (Wildman–Crippen MR) is 134 cm³/mol. The fourth-order valence-electron chi connectivity index (χ4n) is 5.98. The third kappa shape index (κ3) is 5.26. The number of fused-ring (bicyclic) bond motifs is 2. The summed E-state index contributed by atoms with van der Waals surface area (Å²) in [7, 11) is 0. The quantitative estimate of drug-likeness (QED) is 0.594. The zero-order valence-corrected chi connectivity index (χ0v) is 21.0. The van der Waals surface area contributed by atoms with E-state index < -0.39 is 5.60 Å². The molecule has 3 aliphatic carbocycles. The number of amides is 1. The van der Waals surface area contributed by atoms with Gasteiger partial charge in [-0.25, -0.2) is 4.79 Å². The highest BCUT2D eigenvalue weighted by molar-refractivity contribution is 5.68. The number of piperidine rings is 1. The first-order chi connectivity index (χ1) is 16.3. The monoisotopic (exact) mass is 464 g/mol. The predicted octanol–water partition coefficient (Wildman–Crippen LogP) is 5.62. The van der Waals surface area contributed by atoms with Crippen molar-refractivity contribution >= 4 is 6.09 Å². The van der Waals surface area contributed by atoms with Gasteiger partial charge in [0.1, 0.15) is 5.60 Å². The second kappa shape index (κ2) is 9.50. The van der Waals surface area contributed by atoms with Crippen molar-refractivity contribution in [3.63, 3.8) is 0 Å². The Balaban J connectivity index is 1.06. The number of nitrogens with one attached hydrogen (secondary N) is 1. The van der Waals surface area contributed by atoms with Crippen LogP contribution in [0.3, 0.4) is 0 Å². The highest BCUT2D eigenvalue weighted by atomic mass is 16.6. The zero-order chi connectivity index (χ0) is 23.8. The van der Waals surface area contributed by atoms with Gasteiger partial charge in [0, 0.05) is 24.5 Å². The van der Waals surface area contributed by atoms with Crippen LogP contribution in [-0.2, 0) is 16.1 Å². The van der Waals surface area contributed by atoms with Crippen LogP contribution in [0.4, 0.5) is 4.79 Å². The smallest absolute Gasteiger partial charge is 0.410 e. The topological polar surface area (TPSA) is 50.8 Å². The molecule has 34 heavy (non-hydrogen) atoms. The van der Waals surface area contributed by atoms with E-state index in [1.54, 1.807) is 5.57 Å². The molecule has 1 aliphatic heterocycles. The maximum absolute atomic E-state index is 12.3. The van der Waals surface area contributed by atoms with E-state index in [1.807, 2.05) is 31.7 Å². The van der Waals surface area contributed by atoms with Crippen LogP contribution in [0.1, 0.15) is 64.9 Å². The third-order valence-corrected chi connectivity index (χ3v) is 7.97. The van der Waals surface area contributed by atoms with Crippen LogP contribution < -0.4 is 5.32 Å². The SMILES string of the molecule is CC(C)(C)OC(=O)N1CCC(CNC2CC23CCC2=CC(OCc4ccccc4)CC=C23)CC1. The maximum atomic E-state index is 12.3. The summed E-state index contributed by atoms with van der Waals surface area (Å²) in [4.78, 5) is 14.2. The average molecular weight is 465 g/mol. The Hall–Kier alpha value is -2.11. The lowest BCUT2D eigenvalue weighted by Crippen LogP contribution is -2.43. The molecule has 1 N–H and O–H groups in total. The van der Waals surface area contributed by atoms with E-state index in [9.17, 15) is 4.79 Å². The summed E-state index contributed by atoms with van der Waals surface area (Å²) >= 11 is 0. The van der Waals surface area contributed by atoms with Crippen molar-refractivity contribution in [1.29, 1.82) is 0 Å². The van der Waals surface area contributed by atoms with Gasteiger partial charge in [-0.15, -0.1) is 0 Å². The lowest BCUT2D eigenvalue weighted by atomic mass is 9.90. The summed E-state index contributed by atoms with van der Waals surface area (Å²) in [6.07, 6.45) is 11.7. The Kier molecular flexibility index (Phi) is 6.60. The molecule has 1 heterocycles. The molecule has 5 nitrogen and oxygen atoms in total. The molecule has 3 unspecified atom stereocenters. The van der Waals surface area contributed by atoms with E-state index in [2.05, 4.69) is 41.7 Å². The Morgan fingerprint density at radius 3 is 2.68 bits per heavy atom. The molecular formula is C29H40N2O3. The van der Waals surface area contributed by atoms with Crippen molar-refractivity contribution in [2.24, 2.45) is 11.3 Å². The molecule has 1 aromatic rings. The van der Waals surface area contributed by atoms with E-state index in [4.69, 9.17) is 9.47 Å². The molecule has 5 rings (SSSR count). The van der Waals surface area contributed by atoms with Gasteiger partial charge in [-0.05, 0) is 88.5 Å². The molecule has 1 amide bonds. The number of ether oxygens (including phenoxy) is 2. The number of hydrogen-bond acceptors (Lipinski definition) is 4. The molecular weight excluding hydrogens is 424 g/mol. The summed E-state index contributed by atoms with van der Waals surface area (Å²) in [6.45, 7) is 9.13. The van der Waals surface area contributed by atoms with Crippen LogP contribution in [0, 0.1) is 11.3 Å². The minimum absolute atomic E-state index is 0.166. The molecule has 184 valence electrons. The summed E-state index contributed by atoms with van der Waals surface area (Å²) in [5, 5.41) is 3.90. The third-order valence-electron chi connectivity index (χ3n) is 7.97. The van der Waals surface area contributed by atoms with Crippen LogP contribution >= 0.6 is 0 Å². The molecule has 5 heteroatoms. The molecule has 3 fully saturated rings. The zero-order valence-electron chi connectivity index (χ0n) is 21.0. The fourth-order valence-corrected chi connectivity index (χ4v) is 5.98. The fraction of sp³-hybridized carbons (Fsp3) is 0.621. The largest absolute Gasteiger partial charge is 0.444 e. The Bertz CT molecular complexity index is 940. The Labute approximate surface area is 204 Å². The highest BCUT2D eigenvalue weighted by Crippen LogP contribution is 2.63. The lowest BCUT2D eigenvalue weighted by molar-refractivity contribution is 0.0184. The summed E-state index contributed by atoms with van der Waals surface area (Å²) in [5.74, 6) is 0.642. The first-order valence-corrected chi connectivity index (χ1v) is 13.1. The second-order valence-electron chi connectivity index (χ2n) is 11.6. The maximum Gasteiger partial charge on any atom is 0.410 e. The van der Waals surface area contributed by atoms with Gasteiger partial charge in [-0.1, -0.05) is 42.5 Å². The average Bonchev–Trinajstić information content (AvgIpc) is 3.41. The van der Waals surface area contributed by atoms with Gasteiger partial charge >= 0.3 is 6.09 Å². The van der Waals surface area contributed by atoms with Crippen LogP contribution in [0.5, 0.6) is 0 Å². The van der Waals surface area contributed by atoms with Crippen LogP contribution in [0.2, 0.25) is 0 Å². The molecule has 1 spiro atoms. The number of allylic oxidation sites excluding steroid dienone is 1. The van der Waals surface area contributed by atoms with Gasteiger partial charge in [0.05, 0.1) is 12.7 Å². The number of likely N-dealkylation sites (tertiary alicyclic amines) is 1. The molecule has 0 bridgehead atoms. The Morgan fingerprint density at radius 1 is 1.18 bits per heavy atom. The number of carbonyl (C=O) groups excluding carboxylic acids is 1. The standard InChI is InChI=1S/C29H40N2O3/c1-28(2,3)34-27(32)31-15-12-21(13-16-31)19-30-26-18-29(26)14-11-23-17-24(9-10-25(23)29)33-20-22-7-5-4-6-8-22/h4-8,10,17,21,24,26,30H,9,11-16,18-20H2,1-3H3. The number of carbonyl (C=O) groups is 1. The van der Waals surface area contributed by atoms with Gasteiger partial charge in [-0.2, -0.15) is 0 Å². The van der Waals surface area contributed by atoms with Gasteiger partial charge in [-0.3, -0.25) is 0 Å². The van der Waals surface area contributed by atoms with Crippen LogP contribution in [0.15, 0.2) is 53.6 Å². The lowest BCUT2D eigenvalue weighted by Gasteiger charge is -2.33. The number of benzene rings is 1. The van der Waals surface area contributed by atoms with E-state index in [0.717, 1.165) is 38.9 Å². The molecule has 0 aromatic heterocycles. The molecule has 2 saturated carbocycles. The number of hydrogen-bond donors (Lipinski definition) is 1. The summed E-state index contributed by atoms with van der Waals surface area (Å²) < 4.78 is 11.7. The van der Waals surface area contributed by atoms with E-state index in [0.29, 0.717) is 24.0 Å². The van der Waals surface area contributed by atoms with Crippen molar-refractivity contribution in [2.75, 3.05) is 19.6 Å². The van der Waals surface area contributed by atoms with Gasteiger partial charge in [0.25, 0.3) is 0 Å². The molecule has 3 atom stereocenters. The first kappa shape index (κ1) is 23.6. The van der Waals surface area contributed by atoms with E-state index in [1.165, 1.54) is 30.4 Å². The van der Waals surface area contributed by atoms with E-state index in [-0.39, 0.29) is 12.2 Å². The van der Waals surface area contributed by atoms with Crippen LogP contribution in [-0.4, -0.2) is 48.4 Å². The van der Waals surface area contributed by atoms with Crippen molar-refractivity contribution in [3.8, 4) is 0 Å². The van der Waals surface area contributed by atoms with Gasteiger partial charge in [0.2, 0.25) is 0 Å².